The summed E-state index contributed by atoms with van der Waals surface area (Å²) in [4.78, 5) is 32.9. The van der Waals surface area contributed by atoms with Crippen LogP contribution in [0.2, 0.25) is 0 Å². The van der Waals surface area contributed by atoms with Crippen molar-refractivity contribution < 1.29 is 14.3 Å². The van der Waals surface area contributed by atoms with E-state index in [0.29, 0.717) is 22.6 Å². The minimum absolute atomic E-state index is 0.0991. The van der Waals surface area contributed by atoms with Crippen LogP contribution in [0, 0.1) is 5.92 Å². The van der Waals surface area contributed by atoms with E-state index in [1.54, 1.807) is 5.38 Å². The maximum Gasteiger partial charge on any atom is 0.232 e. The van der Waals surface area contributed by atoms with Gasteiger partial charge in [-0.3, -0.25) is 9.59 Å². The van der Waals surface area contributed by atoms with Gasteiger partial charge in [0, 0.05) is 22.2 Å². The minimum Gasteiger partial charge on any atom is -0.493 e. The van der Waals surface area contributed by atoms with Gasteiger partial charge in [0.2, 0.25) is 11.8 Å². The number of para-hydroxylation sites is 1. The average molecular weight is 431 g/mol. The number of aromatic nitrogens is 2. The van der Waals surface area contributed by atoms with Crippen molar-refractivity contribution in [2.24, 2.45) is 5.92 Å². The van der Waals surface area contributed by atoms with Crippen molar-refractivity contribution in [1.29, 1.82) is 0 Å². The molecule has 9 heteroatoms. The normalized spacial score (nSPS) is 10.8. The van der Waals surface area contributed by atoms with Crippen LogP contribution in [0.4, 0.5) is 10.3 Å². The molecule has 152 valence electrons. The lowest BCUT2D eigenvalue weighted by molar-refractivity contribution is -0.119. The molecular formula is C20H22N4O3S2. The molecule has 1 aromatic carbocycles. The summed E-state index contributed by atoms with van der Waals surface area (Å²) in [6, 6.07) is 7.67. The molecule has 0 saturated heterocycles. The fourth-order valence-electron chi connectivity index (χ4n) is 2.44. The maximum atomic E-state index is 12.3. The zero-order chi connectivity index (χ0) is 20.8. The number of rotatable bonds is 8. The van der Waals surface area contributed by atoms with E-state index < -0.39 is 0 Å². The van der Waals surface area contributed by atoms with Crippen LogP contribution >= 0.6 is 22.7 Å². The standard InChI is InChI=1S/C20H22N4O3S2/c1-4-27-16-8-6-5-7-14(16)15-11-29-20(22-15)23-17(25)9-13-10-28-19(21-13)24-18(26)12(2)3/h5-8,10-12H,4,9H2,1-3H3,(H,21,24,26)(H,22,23,25). The van der Waals surface area contributed by atoms with Crippen molar-refractivity contribution in [2.45, 2.75) is 27.2 Å². The van der Waals surface area contributed by atoms with Crippen molar-refractivity contribution in [3.05, 3.63) is 40.7 Å². The van der Waals surface area contributed by atoms with E-state index in [4.69, 9.17) is 4.74 Å². The van der Waals surface area contributed by atoms with Gasteiger partial charge < -0.3 is 15.4 Å². The average Bonchev–Trinajstić information content (AvgIpc) is 3.32. The molecule has 29 heavy (non-hydrogen) atoms. The summed E-state index contributed by atoms with van der Waals surface area (Å²) in [5, 5.41) is 10.2. The number of nitrogens with zero attached hydrogens (tertiary/aromatic N) is 2. The summed E-state index contributed by atoms with van der Waals surface area (Å²) in [6.07, 6.45) is 0.110. The van der Waals surface area contributed by atoms with E-state index in [2.05, 4.69) is 20.6 Å². The molecule has 2 amide bonds. The number of hydrogen-bond donors (Lipinski definition) is 2. The Morgan fingerprint density at radius 1 is 1.07 bits per heavy atom. The van der Waals surface area contributed by atoms with Gasteiger partial charge in [-0.05, 0) is 19.1 Å². The highest BCUT2D eigenvalue weighted by molar-refractivity contribution is 7.14. The van der Waals surface area contributed by atoms with E-state index in [0.717, 1.165) is 17.0 Å². The van der Waals surface area contributed by atoms with Crippen molar-refractivity contribution in [3.8, 4) is 17.0 Å². The van der Waals surface area contributed by atoms with Gasteiger partial charge in [-0.2, -0.15) is 0 Å². The van der Waals surface area contributed by atoms with Crippen LogP contribution in [0.3, 0.4) is 0 Å². The number of benzene rings is 1. The lowest BCUT2D eigenvalue weighted by Crippen LogP contribution is -2.18. The number of nitrogens with one attached hydrogen (secondary N) is 2. The molecule has 2 heterocycles. The van der Waals surface area contributed by atoms with E-state index in [9.17, 15) is 9.59 Å². The van der Waals surface area contributed by atoms with Crippen LogP contribution in [0.15, 0.2) is 35.0 Å². The molecule has 0 fully saturated rings. The number of amides is 2. The molecule has 0 aliphatic carbocycles. The molecule has 0 bridgehead atoms. The van der Waals surface area contributed by atoms with Crippen molar-refractivity contribution in [2.75, 3.05) is 17.2 Å². The molecule has 0 spiro atoms. The van der Waals surface area contributed by atoms with Crippen molar-refractivity contribution in [1.82, 2.24) is 9.97 Å². The van der Waals surface area contributed by atoms with Crippen LogP contribution in [-0.4, -0.2) is 28.4 Å². The van der Waals surface area contributed by atoms with E-state index in [-0.39, 0.29) is 24.2 Å². The van der Waals surface area contributed by atoms with Gasteiger partial charge in [0.1, 0.15) is 5.75 Å². The van der Waals surface area contributed by atoms with E-state index in [1.165, 1.54) is 22.7 Å². The molecule has 3 aromatic rings. The van der Waals surface area contributed by atoms with Gasteiger partial charge in [-0.1, -0.05) is 26.0 Å². The van der Waals surface area contributed by atoms with Crippen LogP contribution in [0.1, 0.15) is 26.5 Å². The molecule has 0 aliphatic heterocycles. The number of anilines is 2. The number of hydrogen-bond acceptors (Lipinski definition) is 7. The summed E-state index contributed by atoms with van der Waals surface area (Å²) in [5.74, 6) is 0.322. The quantitative estimate of drug-likeness (QED) is 0.551. The first-order chi connectivity index (χ1) is 14.0. The van der Waals surface area contributed by atoms with E-state index >= 15 is 0 Å². The Labute approximate surface area is 177 Å². The Hall–Kier alpha value is -2.78. The third-order valence-electron chi connectivity index (χ3n) is 3.86. The van der Waals surface area contributed by atoms with Crippen LogP contribution in [0.25, 0.3) is 11.3 Å². The Balaban J connectivity index is 1.61. The third-order valence-corrected chi connectivity index (χ3v) is 5.43. The minimum atomic E-state index is -0.212. The second-order valence-electron chi connectivity index (χ2n) is 6.48. The molecule has 0 aliphatic rings. The van der Waals surface area contributed by atoms with Gasteiger partial charge in [-0.15, -0.1) is 22.7 Å². The number of ether oxygens (including phenoxy) is 1. The first kappa shape index (κ1) is 20.9. The highest BCUT2D eigenvalue weighted by Gasteiger charge is 2.14. The number of carbonyl (C=O) groups is 2. The summed E-state index contributed by atoms with van der Waals surface area (Å²) in [7, 11) is 0. The Kier molecular flexibility index (Phi) is 6.95. The number of carbonyl (C=O) groups excluding carboxylic acids is 2. The molecule has 7 nitrogen and oxygen atoms in total. The van der Waals surface area contributed by atoms with Crippen molar-refractivity contribution >= 4 is 44.8 Å². The first-order valence-corrected chi connectivity index (χ1v) is 10.9. The van der Waals surface area contributed by atoms with Crippen LogP contribution < -0.4 is 15.4 Å². The highest BCUT2D eigenvalue weighted by atomic mass is 32.1. The monoisotopic (exact) mass is 430 g/mol. The zero-order valence-electron chi connectivity index (χ0n) is 16.4. The maximum absolute atomic E-state index is 12.3. The summed E-state index contributed by atoms with van der Waals surface area (Å²) >= 11 is 2.65. The summed E-state index contributed by atoms with van der Waals surface area (Å²) in [5.41, 5.74) is 2.24. The fraction of sp³-hybridized carbons (Fsp3) is 0.300. The van der Waals surface area contributed by atoms with Gasteiger partial charge in [-0.25, -0.2) is 9.97 Å². The third kappa shape index (κ3) is 5.61. The Morgan fingerprint density at radius 3 is 2.55 bits per heavy atom. The van der Waals surface area contributed by atoms with Crippen LogP contribution in [0.5, 0.6) is 5.75 Å². The lowest BCUT2D eigenvalue weighted by atomic mass is 10.1. The predicted molar refractivity (Wildman–Crippen MR) is 117 cm³/mol. The zero-order valence-corrected chi connectivity index (χ0v) is 18.0. The molecule has 0 saturated carbocycles. The Bertz CT molecular complexity index is 997. The predicted octanol–water partition coefficient (Wildman–Crippen LogP) is 4.44. The van der Waals surface area contributed by atoms with Gasteiger partial charge in [0.25, 0.3) is 0 Å². The van der Waals surface area contributed by atoms with Crippen molar-refractivity contribution in [3.63, 3.8) is 0 Å². The second-order valence-corrected chi connectivity index (χ2v) is 8.20. The van der Waals surface area contributed by atoms with Gasteiger partial charge in [0.05, 0.1) is 24.4 Å². The molecular weight excluding hydrogens is 408 g/mol. The molecule has 2 aromatic heterocycles. The fourth-order valence-corrected chi connectivity index (χ4v) is 3.88. The SMILES string of the molecule is CCOc1ccccc1-c1csc(NC(=O)Cc2csc(NC(=O)C(C)C)n2)n1. The largest absolute Gasteiger partial charge is 0.493 e. The smallest absolute Gasteiger partial charge is 0.232 e. The Morgan fingerprint density at radius 2 is 1.79 bits per heavy atom. The molecule has 2 N–H and O–H groups in total. The molecule has 0 unspecified atom stereocenters. The molecule has 0 radical (unpaired) electrons. The second kappa shape index (κ2) is 9.62. The molecule has 3 rings (SSSR count). The van der Waals surface area contributed by atoms with Crippen LogP contribution in [-0.2, 0) is 16.0 Å². The lowest BCUT2D eigenvalue weighted by Gasteiger charge is -2.07. The van der Waals surface area contributed by atoms with Gasteiger partial charge in [0.15, 0.2) is 10.3 Å². The summed E-state index contributed by atoms with van der Waals surface area (Å²) < 4.78 is 5.65. The van der Waals surface area contributed by atoms with E-state index in [1.807, 2.05) is 50.4 Å². The number of thiazole rings is 2. The molecule has 0 atom stereocenters. The topological polar surface area (TPSA) is 93.2 Å². The van der Waals surface area contributed by atoms with Gasteiger partial charge >= 0.3 is 0 Å². The summed E-state index contributed by atoms with van der Waals surface area (Å²) in [6.45, 7) is 6.12. The first-order valence-electron chi connectivity index (χ1n) is 9.19. The highest BCUT2D eigenvalue weighted by Crippen LogP contribution is 2.32.